The Morgan fingerprint density at radius 1 is 1.12 bits per heavy atom. The Bertz CT molecular complexity index is 1060. The molecule has 3 rings (SSSR count). The van der Waals surface area contributed by atoms with Crippen LogP contribution in [-0.4, -0.2) is 38.8 Å². The van der Waals surface area contributed by atoms with Gasteiger partial charge in [-0.3, -0.25) is 4.79 Å². The molecule has 8 heteroatoms. The van der Waals surface area contributed by atoms with Crippen molar-refractivity contribution >= 4 is 27.3 Å². The lowest BCUT2D eigenvalue weighted by Crippen LogP contribution is -2.38. The van der Waals surface area contributed by atoms with E-state index in [9.17, 15) is 17.6 Å². The lowest BCUT2D eigenvalue weighted by atomic mass is 10.1. The summed E-state index contributed by atoms with van der Waals surface area (Å²) in [5, 5.41) is 3.02. The average molecular weight is 476 g/mol. The van der Waals surface area contributed by atoms with Gasteiger partial charge in [-0.1, -0.05) is 19.8 Å². The highest BCUT2D eigenvalue weighted by Gasteiger charge is 2.30. The summed E-state index contributed by atoms with van der Waals surface area (Å²) in [6, 6.07) is 10.3. The number of sulfonamides is 1. The van der Waals surface area contributed by atoms with E-state index in [0.717, 1.165) is 49.1 Å². The Balaban J connectivity index is 1.95. The molecule has 0 heterocycles. The number of nitrogens with one attached hydrogen (secondary N) is 1. The minimum Gasteiger partial charge on any atom is -0.377 e. The molecule has 0 radical (unpaired) electrons. The summed E-state index contributed by atoms with van der Waals surface area (Å²) in [5.74, 6) is -0.421. The Kier molecular flexibility index (Phi) is 8.13. The van der Waals surface area contributed by atoms with E-state index in [1.807, 2.05) is 51.0 Å². The average Bonchev–Trinajstić information content (AvgIpc) is 3.32. The summed E-state index contributed by atoms with van der Waals surface area (Å²) in [7, 11) is -0.0571. The normalized spacial score (nSPS) is 15.6. The molecule has 1 amide bonds. The Hall–Kier alpha value is -2.45. The van der Waals surface area contributed by atoms with E-state index in [1.54, 1.807) is 0 Å². The van der Waals surface area contributed by atoms with Crippen LogP contribution in [0.5, 0.6) is 0 Å². The summed E-state index contributed by atoms with van der Waals surface area (Å²) < 4.78 is 41.8. The van der Waals surface area contributed by atoms with Gasteiger partial charge in [-0.15, -0.1) is 0 Å². The molecular formula is C25H34FN3O3S. The van der Waals surface area contributed by atoms with E-state index in [4.69, 9.17) is 0 Å². The lowest BCUT2D eigenvalue weighted by molar-refractivity contribution is -0.119. The Labute approximate surface area is 196 Å². The van der Waals surface area contributed by atoms with Gasteiger partial charge in [-0.25, -0.2) is 12.8 Å². The molecule has 180 valence electrons. The van der Waals surface area contributed by atoms with Crippen molar-refractivity contribution in [2.75, 3.05) is 24.3 Å². The minimum absolute atomic E-state index is 0.0220. The van der Waals surface area contributed by atoms with E-state index in [0.29, 0.717) is 12.1 Å². The standard InChI is InChI=1S/C25H34FN3O3S/c1-5-18(2)29(33(31,32)23-13-10-21(26)11-14-23)17-20-16-22(12-15-24(20)28(3)4)27-25(30)19-8-6-7-9-19/h10-16,18-19H,5-9,17H2,1-4H3,(H,27,30)/t18-/m0/s1. The van der Waals surface area contributed by atoms with Gasteiger partial charge >= 0.3 is 0 Å². The van der Waals surface area contributed by atoms with Crippen LogP contribution in [0.25, 0.3) is 0 Å². The molecule has 1 saturated carbocycles. The van der Waals surface area contributed by atoms with Gasteiger partial charge in [0.2, 0.25) is 15.9 Å². The maximum atomic E-state index is 13.5. The fourth-order valence-electron chi connectivity index (χ4n) is 4.25. The van der Waals surface area contributed by atoms with Crippen molar-refractivity contribution in [1.82, 2.24) is 4.31 Å². The fourth-order valence-corrected chi connectivity index (χ4v) is 5.93. The molecule has 0 bridgehead atoms. The van der Waals surface area contributed by atoms with Crippen LogP contribution >= 0.6 is 0 Å². The molecule has 1 aliphatic carbocycles. The maximum Gasteiger partial charge on any atom is 0.243 e. The molecule has 2 aromatic rings. The number of anilines is 2. The van der Waals surface area contributed by atoms with Crippen LogP contribution in [0.1, 0.15) is 51.5 Å². The third-order valence-electron chi connectivity index (χ3n) is 6.38. The number of nitrogens with zero attached hydrogens (tertiary/aromatic N) is 2. The van der Waals surface area contributed by atoms with Gasteiger partial charge < -0.3 is 10.2 Å². The van der Waals surface area contributed by atoms with Crippen molar-refractivity contribution < 1.29 is 17.6 Å². The van der Waals surface area contributed by atoms with Crippen molar-refractivity contribution in [3.8, 4) is 0 Å². The van der Waals surface area contributed by atoms with Crippen LogP contribution in [0.2, 0.25) is 0 Å². The van der Waals surface area contributed by atoms with Gasteiger partial charge in [0.25, 0.3) is 0 Å². The van der Waals surface area contributed by atoms with Crippen molar-refractivity contribution in [1.29, 1.82) is 0 Å². The van der Waals surface area contributed by atoms with Gasteiger partial charge in [0, 0.05) is 44.0 Å². The number of rotatable bonds is 9. The van der Waals surface area contributed by atoms with Crippen molar-refractivity contribution in [2.24, 2.45) is 5.92 Å². The molecule has 0 unspecified atom stereocenters. The first-order chi connectivity index (χ1) is 15.6. The summed E-state index contributed by atoms with van der Waals surface area (Å²) in [4.78, 5) is 14.6. The highest BCUT2D eigenvalue weighted by Crippen LogP contribution is 2.30. The molecule has 0 aliphatic heterocycles. The zero-order chi connectivity index (χ0) is 24.2. The second-order valence-corrected chi connectivity index (χ2v) is 10.9. The van der Waals surface area contributed by atoms with Crippen LogP contribution < -0.4 is 10.2 Å². The van der Waals surface area contributed by atoms with Gasteiger partial charge in [-0.2, -0.15) is 4.31 Å². The molecule has 33 heavy (non-hydrogen) atoms. The zero-order valence-electron chi connectivity index (χ0n) is 19.8. The Morgan fingerprint density at radius 3 is 2.33 bits per heavy atom. The smallest absolute Gasteiger partial charge is 0.243 e. The topological polar surface area (TPSA) is 69.7 Å². The minimum atomic E-state index is -3.86. The van der Waals surface area contributed by atoms with Crippen LogP contribution in [0.15, 0.2) is 47.4 Å². The molecule has 0 spiro atoms. The van der Waals surface area contributed by atoms with Gasteiger partial charge in [-0.05, 0) is 74.2 Å². The number of amides is 1. The van der Waals surface area contributed by atoms with Crippen molar-refractivity contribution in [3.63, 3.8) is 0 Å². The van der Waals surface area contributed by atoms with Crippen LogP contribution in [0.3, 0.4) is 0 Å². The summed E-state index contributed by atoms with van der Waals surface area (Å²) in [6.45, 7) is 3.93. The van der Waals surface area contributed by atoms with E-state index < -0.39 is 15.8 Å². The monoisotopic (exact) mass is 475 g/mol. The molecule has 1 N–H and O–H groups in total. The second kappa shape index (κ2) is 10.7. The third kappa shape index (κ3) is 5.92. The third-order valence-corrected chi connectivity index (χ3v) is 8.36. The SMILES string of the molecule is CC[C@H](C)N(Cc1cc(NC(=O)C2CCCC2)ccc1N(C)C)S(=O)(=O)c1ccc(F)cc1. The number of carbonyl (C=O) groups is 1. The van der Waals surface area contributed by atoms with Crippen LogP contribution in [0, 0.1) is 11.7 Å². The van der Waals surface area contributed by atoms with E-state index in [-0.39, 0.29) is 29.3 Å². The van der Waals surface area contributed by atoms with E-state index in [2.05, 4.69) is 5.32 Å². The first-order valence-corrected chi connectivity index (χ1v) is 13.0. The summed E-state index contributed by atoms with van der Waals surface area (Å²) in [5.41, 5.74) is 2.32. The summed E-state index contributed by atoms with van der Waals surface area (Å²) in [6.07, 6.45) is 4.59. The van der Waals surface area contributed by atoms with Crippen molar-refractivity contribution in [2.45, 2.75) is 63.4 Å². The number of halogens is 1. The number of hydrogen-bond donors (Lipinski definition) is 1. The fraction of sp³-hybridized carbons (Fsp3) is 0.480. The predicted molar refractivity (Wildman–Crippen MR) is 130 cm³/mol. The lowest BCUT2D eigenvalue weighted by Gasteiger charge is -2.30. The number of carbonyl (C=O) groups excluding carboxylic acids is 1. The number of benzene rings is 2. The molecule has 1 atom stereocenters. The van der Waals surface area contributed by atoms with Gasteiger partial charge in [0.15, 0.2) is 0 Å². The zero-order valence-corrected chi connectivity index (χ0v) is 20.7. The van der Waals surface area contributed by atoms with Crippen molar-refractivity contribution in [3.05, 3.63) is 53.8 Å². The van der Waals surface area contributed by atoms with E-state index >= 15 is 0 Å². The molecule has 6 nitrogen and oxygen atoms in total. The van der Waals surface area contributed by atoms with Gasteiger partial charge in [0.05, 0.1) is 4.90 Å². The maximum absolute atomic E-state index is 13.5. The summed E-state index contributed by atoms with van der Waals surface area (Å²) >= 11 is 0. The predicted octanol–water partition coefficient (Wildman–Crippen LogP) is 5.01. The molecule has 1 aliphatic rings. The van der Waals surface area contributed by atoms with Crippen LogP contribution in [-0.2, 0) is 21.4 Å². The molecule has 2 aromatic carbocycles. The highest BCUT2D eigenvalue weighted by atomic mass is 32.2. The number of hydrogen-bond acceptors (Lipinski definition) is 4. The Morgan fingerprint density at radius 2 is 1.76 bits per heavy atom. The van der Waals surface area contributed by atoms with E-state index in [1.165, 1.54) is 16.4 Å². The largest absolute Gasteiger partial charge is 0.377 e. The van der Waals surface area contributed by atoms with Gasteiger partial charge in [0.1, 0.15) is 5.82 Å². The molecule has 0 saturated heterocycles. The molecular weight excluding hydrogens is 441 g/mol. The molecule has 1 fully saturated rings. The first kappa shape index (κ1) is 25.2. The first-order valence-electron chi connectivity index (χ1n) is 11.5. The van der Waals surface area contributed by atoms with Crippen LogP contribution in [0.4, 0.5) is 15.8 Å². The second-order valence-electron chi connectivity index (χ2n) is 8.97. The molecule has 0 aromatic heterocycles. The quantitative estimate of drug-likeness (QED) is 0.554. The highest BCUT2D eigenvalue weighted by molar-refractivity contribution is 7.89.